The highest BCUT2D eigenvalue weighted by atomic mass is 35.5. The molecule has 4 aliphatic carbocycles. The summed E-state index contributed by atoms with van der Waals surface area (Å²) < 4.78 is 34.8. The molecule has 1 aromatic carbocycles. The summed E-state index contributed by atoms with van der Waals surface area (Å²) in [7, 11) is -2.66. The maximum atomic E-state index is 13.6. The van der Waals surface area contributed by atoms with Crippen molar-refractivity contribution < 1.29 is 22.7 Å². The quantitative estimate of drug-likeness (QED) is 0.537. The lowest BCUT2D eigenvalue weighted by molar-refractivity contribution is -0.147. The zero-order valence-electron chi connectivity index (χ0n) is 19.8. The van der Waals surface area contributed by atoms with E-state index in [1.807, 2.05) is 0 Å². The summed E-state index contributed by atoms with van der Waals surface area (Å²) in [6, 6.07) is 2.74. The average molecular weight is 580 g/mol. The summed E-state index contributed by atoms with van der Waals surface area (Å²) in [5.41, 5.74) is 5.40. The number of nitrogens with two attached hydrogens (primary N) is 1. The second-order valence-electron chi connectivity index (χ2n) is 10.6. The molecule has 1 saturated heterocycles. The third-order valence-electron chi connectivity index (χ3n) is 8.39. The molecule has 13 heteroatoms. The predicted molar refractivity (Wildman–Crippen MR) is 137 cm³/mol. The van der Waals surface area contributed by atoms with Crippen LogP contribution in [0.25, 0.3) is 0 Å². The highest BCUT2D eigenvalue weighted by molar-refractivity contribution is 7.90. The lowest BCUT2D eigenvalue weighted by Crippen LogP contribution is -2.63. The molecule has 2 amide bonds. The first-order valence-corrected chi connectivity index (χ1v) is 14.5. The van der Waals surface area contributed by atoms with Crippen molar-refractivity contribution in [2.45, 2.75) is 44.2 Å². The van der Waals surface area contributed by atoms with E-state index < -0.39 is 27.6 Å². The van der Waals surface area contributed by atoms with Crippen LogP contribution in [0.2, 0.25) is 15.1 Å². The van der Waals surface area contributed by atoms with Gasteiger partial charge in [0.25, 0.3) is 0 Å². The molecule has 1 aromatic rings. The maximum Gasteiger partial charge on any atom is 0.304 e. The van der Waals surface area contributed by atoms with E-state index in [4.69, 9.17) is 45.3 Å². The van der Waals surface area contributed by atoms with Gasteiger partial charge >= 0.3 is 10.2 Å². The summed E-state index contributed by atoms with van der Waals surface area (Å²) in [5.74, 6) is 0.155. The minimum atomic E-state index is -4.14. The normalized spacial score (nSPS) is 35.1. The Hall–Kier alpha value is -1.30. The van der Waals surface area contributed by atoms with Gasteiger partial charge in [0.05, 0.1) is 34.9 Å². The number of methoxy groups -OCH3 is 1. The number of amides is 2. The second kappa shape index (κ2) is 9.47. The highest BCUT2D eigenvalue weighted by Gasteiger charge is 2.58. The number of ether oxygens (including phenoxy) is 1. The largest absolute Gasteiger partial charge is 0.378 e. The van der Waals surface area contributed by atoms with Gasteiger partial charge in [0.15, 0.2) is 0 Å². The van der Waals surface area contributed by atoms with Crippen LogP contribution in [0.3, 0.4) is 0 Å². The predicted octanol–water partition coefficient (Wildman–Crippen LogP) is 2.83. The number of rotatable bonds is 6. The monoisotopic (exact) mass is 578 g/mol. The molecule has 5 fully saturated rings. The fourth-order valence-electron chi connectivity index (χ4n) is 7.03. The van der Waals surface area contributed by atoms with Crippen LogP contribution in [0.15, 0.2) is 12.1 Å². The van der Waals surface area contributed by atoms with Gasteiger partial charge in [-0.15, -0.1) is 0 Å². The van der Waals surface area contributed by atoms with Crippen molar-refractivity contribution in [3.05, 3.63) is 27.2 Å². The Balaban J connectivity index is 1.34. The summed E-state index contributed by atoms with van der Waals surface area (Å²) in [4.78, 5) is 25.4. The number of hydrogen-bond acceptors (Lipinski definition) is 5. The molecule has 0 aromatic heterocycles. The molecule has 9 nitrogen and oxygen atoms in total. The molecular weight excluding hydrogens is 551 g/mol. The molecule has 6 rings (SSSR count). The molecule has 0 radical (unpaired) electrons. The van der Waals surface area contributed by atoms with Crippen LogP contribution < -0.4 is 15.4 Å². The number of benzene rings is 1. The first kappa shape index (κ1) is 26.3. The van der Waals surface area contributed by atoms with Gasteiger partial charge in [-0.25, -0.2) is 0 Å². The van der Waals surface area contributed by atoms with E-state index in [0.717, 1.165) is 27.9 Å². The number of primary amides is 1. The number of hydrogen-bond donors (Lipinski definition) is 2. The molecule has 4 saturated carbocycles. The lowest BCUT2D eigenvalue weighted by atomic mass is 9.47. The van der Waals surface area contributed by atoms with Crippen LogP contribution in [0, 0.1) is 23.2 Å². The third-order valence-corrected chi connectivity index (χ3v) is 11.0. The molecule has 0 spiro atoms. The molecule has 1 aliphatic heterocycles. The van der Waals surface area contributed by atoms with E-state index in [-0.39, 0.29) is 64.2 Å². The van der Waals surface area contributed by atoms with Crippen molar-refractivity contribution in [1.29, 1.82) is 0 Å². The van der Waals surface area contributed by atoms with Crippen molar-refractivity contribution in [3.63, 3.8) is 0 Å². The first-order chi connectivity index (χ1) is 16.9. The van der Waals surface area contributed by atoms with Gasteiger partial charge in [-0.1, -0.05) is 34.8 Å². The Morgan fingerprint density at radius 2 is 1.72 bits per heavy atom. The summed E-state index contributed by atoms with van der Waals surface area (Å²) in [5, 5.41) is 3.53. The van der Waals surface area contributed by atoms with E-state index in [1.54, 1.807) is 0 Å². The fraction of sp³-hybridized carbons (Fsp3) is 0.652. The van der Waals surface area contributed by atoms with Crippen molar-refractivity contribution >= 4 is 62.5 Å². The molecule has 4 bridgehead atoms. The molecule has 3 N–H and O–H groups in total. The summed E-state index contributed by atoms with van der Waals surface area (Å²) in [6.07, 6.45) is 3.58. The molecule has 36 heavy (non-hydrogen) atoms. The third kappa shape index (κ3) is 4.47. The van der Waals surface area contributed by atoms with Gasteiger partial charge in [-0.2, -0.15) is 12.7 Å². The minimum Gasteiger partial charge on any atom is -0.378 e. The van der Waals surface area contributed by atoms with Crippen molar-refractivity contribution in [3.8, 4) is 0 Å². The van der Waals surface area contributed by atoms with E-state index in [9.17, 15) is 18.0 Å². The van der Waals surface area contributed by atoms with Crippen LogP contribution in [0.5, 0.6) is 0 Å². The van der Waals surface area contributed by atoms with E-state index in [0.29, 0.717) is 18.8 Å². The van der Waals surface area contributed by atoms with Crippen LogP contribution >= 0.6 is 34.8 Å². The Labute approximate surface area is 225 Å². The van der Waals surface area contributed by atoms with Crippen LogP contribution in [0.4, 0.5) is 5.69 Å². The van der Waals surface area contributed by atoms with Crippen LogP contribution in [-0.4, -0.2) is 63.4 Å². The Bertz CT molecular complexity index is 1160. The van der Waals surface area contributed by atoms with Gasteiger partial charge in [-0.3, -0.25) is 13.9 Å². The summed E-state index contributed by atoms with van der Waals surface area (Å²) >= 11 is 18.7. The van der Waals surface area contributed by atoms with Crippen molar-refractivity contribution in [2.24, 2.45) is 28.9 Å². The van der Waals surface area contributed by atoms with Crippen molar-refractivity contribution in [1.82, 2.24) is 9.62 Å². The summed E-state index contributed by atoms with van der Waals surface area (Å²) in [6.45, 7) is -0.376. The minimum absolute atomic E-state index is 0.00989. The van der Waals surface area contributed by atoms with Crippen molar-refractivity contribution in [2.75, 3.05) is 31.0 Å². The number of carbonyl (C=O) groups excluding carboxylic acids is 2. The maximum absolute atomic E-state index is 13.6. The first-order valence-electron chi connectivity index (χ1n) is 12.0. The number of nitrogens with zero attached hydrogens (tertiary/aromatic N) is 2. The zero-order chi connectivity index (χ0) is 26.0. The Kier molecular flexibility index (Phi) is 6.92. The van der Waals surface area contributed by atoms with E-state index in [1.165, 1.54) is 19.2 Å². The number of carbonyl (C=O) groups is 2. The van der Waals surface area contributed by atoms with Crippen LogP contribution in [-0.2, 0) is 24.5 Å². The van der Waals surface area contributed by atoms with Gasteiger partial charge < -0.3 is 15.8 Å². The van der Waals surface area contributed by atoms with Gasteiger partial charge in [0.2, 0.25) is 11.8 Å². The fourth-order valence-corrected chi connectivity index (χ4v) is 9.84. The molecule has 198 valence electrons. The number of halogens is 3. The molecule has 1 heterocycles. The van der Waals surface area contributed by atoms with E-state index in [2.05, 4.69) is 5.32 Å². The lowest BCUT2D eigenvalue weighted by Gasteiger charge is -2.58. The zero-order valence-corrected chi connectivity index (χ0v) is 22.8. The molecule has 5 aliphatic rings. The molecule has 3 atom stereocenters. The second-order valence-corrected chi connectivity index (χ2v) is 13.7. The number of anilines is 1. The Morgan fingerprint density at radius 1 is 1.11 bits per heavy atom. The average Bonchev–Trinajstić information content (AvgIpc) is 2.77. The van der Waals surface area contributed by atoms with Crippen LogP contribution in [0.1, 0.15) is 32.1 Å². The topological polar surface area (TPSA) is 122 Å². The standard InChI is InChI=1S/C23H29Cl3N4O5S/c1-35-16-9-29(36(33,34)30(10-16)21-17(25)4-15(24)5-18(21)26)11-19(31)28-20-13-2-12-3-14(20)8-23(6-12,7-13)22(27)32/h4-5,12-14,16,20H,2-3,6-11H2,1H3,(H2,27,32)(H,28,31). The highest BCUT2D eigenvalue weighted by Crippen LogP contribution is 2.59. The van der Waals surface area contributed by atoms with Gasteiger partial charge in [0, 0.05) is 30.1 Å². The van der Waals surface area contributed by atoms with Gasteiger partial charge in [-0.05, 0) is 62.0 Å². The number of nitrogens with one attached hydrogen (secondary N) is 1. The molecular formula is C23H29Cl3N4O5S. The SMILES string of the molecule is COC1CN(CC(=O)NC2C3CC4CC2CC(C(N)=O)(C4)C3)S(=O)(=O)N(c2c(Cl)cc(Cl)cc2Cl)C1. The van der Waals surface area contributed by atoms with E-state index >= 15 is 0 Å². The Morgan fingerprint density at radius 3 is 2.28 bits per heavy atom. The molecule has 3 unspecified atom stereocenters. The smallest absolute Gasteiger partial charge is 0.304 e. The van der Waals surface area contributed by atoms with Gasteiger partial charge in [0.1, 0.15) is 0 Å².